The van der Waals surface area contributed by atoms with Gasteiger partial charge in [0.2, 0.25) is 0 Å². The van der Waals surface area contributed by atoms with Gasteiger partial charge in [-0.05, 0) is 25.1 Å². The van der Waals surface area contributed by atoms with E-state index in [9.17, 15) is 19.7 Å². The molecule has 0 aromatic heterocycles. The normalized spacial score (nSPS) is 11.2. The van der Waals surface area contributed by atoms with Crippen molar-refractivity contribution in [3.05, 3.63) is 58.1 Å². The van der Waals surface area contributed by atoms with Gasteiger partial charge in [-0.2, -0.15) is 0 Å². The molecule has 1 atom stereocenters. The summed E-state index contributed by atoms with van der Waals surface area (Å²) in [6.45, 7) is 1.38. The summed E-state index contributed by atoms with van der Waals surface area (Å²) < 4.78 is 15.3. The van der Waals surface area contributed by atoms with Crippen LogP contribution in [0.5, 0.6) is 11.5 Å². The molecule has 142 valence electrons. The molecule has 9 nitrogen and oxygen atoms in total. The van der Waals surface area contributed by atoms with Crippen molar-refractivity contribution in [2.24, 2.45) is 0 Å². The third-order valence-electron chi connectivity index (χ3n) is 3.63. The van der Waals surface area contributed by atoms with E-state index in [1.54, 1.807) is 18.2 Å². The number of rotatable bonds is 7. The maximum absolute atomic E-state index is 12.3. The van der Waals surface area contributed by atoms with E-state index in [0.717, 1.165) is 6.07 Å². The summed E-state index contributed by atoms with van der Waals surface area (Å²) in [7, 11) is 2.78. The largest absolute Gasteiger partial charge is 0.496 e. The van der Waals surface area contributed by atoms with Crippen molar-refractivity contribution < 1.29 is 28.7 Å². The van der Waals surface area contributed by atoms with Crippen molar-refractivity contribution in [2.75, 3.05) is 19.5 Å². The predicted octanol–water partition coefficient (Wildman–Crippen LogP) is 2.80. The van der Waals surface area contributed by atoms with E-state index < -0.39 is 22.9 Å². The first-order valence-corrected chi connectivity index (χ1v) is 7.84. The molecule has 0 saturated carbocycles. The fraction of sp³-hybridized carbons (Fsp3) is 0.222. The smallest absolute Gasteiger partial charge is 0.342 e. The van der Waals surface area contributed by atoms with Crippen LogP contribution >= 0.6 is 0 Å². The molecule has 2 aromatic rings. The molecule has 0 aliphatic rings. The number of para-hydroxylation sites is 1. The Morgan fingerprint density at radius 1 is 1.07 bits per heavy atom. The molecule has 0 fully saturated rings. The van der Waals surface area contributed by atoms with Gasteiger partial charge in [0.1, 0.15) is 17.1 Å². The highest BCUT2D eigenvalue weighted by atomic mass is 16.6. The summed E-state index contributed by atoms with van der Waals surface area (Å²) in [6, 6.07) is 10.2. The number of nitro groups is 1. The molecule has 1 amide bonds. The number of hydrogen-bond acceptors (Lipinski definition) is 7. The zero-order valence-electron chi connectivity index (χ0n) is 14.9. The minimum absolute atomic E-state index is 0.0943. The van der Waals surface area contributed by atoms with E-state index in [1.807, 2.05) is 0 Å². The lowest BCUT2D eigenvalue weighted by Gasteiger charge is -2.16. The van der Waals surface area contributed by atoms with Crippen LogP contribution in [0.3, 0.4) is 0 Å². The summed E-state index contributed by atoms with van der Waals surface area (Å²) in [4.78, 5) is 34.9. The summed E-state index contributed by atoms with van der Waals surface area (Å²) >= 11 is 0. The van der Waals surface area contributed by atoms with Crippen LogP contribution in [0.15, 0.2) is 42.5 Å². The van der Waals surface area contributed by atoms with Crippen LogP contribution in [0.4, 0.5) is 11.4 Å². The maximum atomic E-state index is 12.3. The number of nitro benzene ring substituents is 1. The first-order valence-electron chi connectivity index (χ1n) is 7.84. The highest BCUT2D eigenvalue weighted by Gasteiger charge is 2.23. The summed E-state index contributed by atoms with van der Waals surface area (Å²) in [5.74, 6) is -0.856. The van der Waals surface area contributed by atoms with Crippen molar-refractivity contribution in [1.82, 2.24) is 0 Å². The molecule has 0 unspecified atom stereocenters. The van der Waals surface area contributed by atoms with Gasteiger partial charge in [0.25, 0.3) is 11.6 Å². The topological polar surface area (TPSA) is 117 Å². The molecule has 27 heavy (non-hydrogen) atoms. The lowest BCUT2D eigenvalue weighted by molar-refractivity contribution is -0.384. The third kappa shape index (κ3) is 4.72. The molecular formula is C18H18N2O7. The van der Waals surface area contributed by atoms with Crippen LogP contribution in [0.2, 0.25) is 0 Å². The van der Waals surface area contributed by atoms with Gasteiger partial charge in [-0.1, -0.05) is 12.1 Å². The van der Waals surface area contributed by atoms with E-state index in [-0.39, 0.29) is 22.7 Å². The van der Waals surface area contributed by atoms with Gasteiger partial charge < -0.3 is 19.5 Å². The van der Waals surface area contributed by atoms with E-state index in [0.29, 0.717) is 5.75 Å². The van der Waals surface area contributed by atoms with Crippen molar-refractivity contribution in [1.29, 1.82) is 0 Å². The van der Waals surface area contributed by atoms with Gasteiger partial charge >= 0.3 is 5.97 Å². The van der Waals surface area contributed by atoms with E-state index in [2.05, 4.69) is 5.32 Å². The molecule has 2 aromatic carbocycles. The Kier molecular flexibility index (Phi) is 6.32. The van der Waals surface area contributed by atoms with Crippen molar-refractivity contribution >= 4 is 23.3 Å². The number of hydrogen-bond donors (Lipinski definition) is 1. The van der Waals surface area contributed by atoms with Crippen LogP contribution in [-0.2, 0) is 9.53 Å². The Hall–Kier alpha value is -3.62. The molecule has 0 saturated heterocycles. The van der Waals surface area contributed by atoms with Crippen LogP contribution in [-0.4, -0.2) is 37.1 Å². The van der Waals surface area contributed by atoms with Gasteiger partial charge in [0.15, 0.2) is 6.10 Å². The second-order valence-corrected chi connectivity index (χ2v) is 5.38. The first-order chi connectivity index (χ1) is 12.9. The summed E-state index contributed by atoms with van der Waals surface area (Å²) in [5.41, 5.74) is 0.0502. The van der Waals surface area contributed by atoms with Crippen molar-refractivity contribution in [2.45, 2.75) is 13.0 Å². The Morgan fingerprint density at radius 3 is 2.37 bits per heavy atom. The van der Waals surface area contributed by atoms with E-state index in [1.165, 1.54) is 39.3 Å². The number of amides is 1. The number of esters is 1. The van der Waals surface area contributed by atoms with Crippen LogP contribution < -0.4 is 14.8 Å². The Balaban J connectivity index is 2.13. The van der Waals surface area contributed by atoms with Gasteiger partial charge in [-0.25, -0.2) is 4.79 Å². The number of nitrogens with zero attached hydrogens (tertiary/aromatic N) is 1. The zero-order valence-corrected chi connectivity index (χ0v) is 14.9. The summed E-state index contributed by atoms with van der Waals surface area (Å²) in [5, 5.41) is 13.4. The molecule has 0 heterocycles. The fourth-order valence-corrected chi connectivity index (χ4v) is 2.23. The Bertz CT molecular complexity index is 867. The average molecular weight is 374 g/mol. The van der Waals surface area contributed by atoms with Gasteiger partial charge in [0, 0.05) is 12.1 Å². The number of benzene rings is 2. The SMILES string of the molecule is COc1ccc([N+](=O)[O-])cc1NC(=O)[C@H](C)OC(=O)c1ccccc1OC. The van der Waals surface area contributed by atoms with Crippen LogP contribution in [0.1, 0.15) is 17.3 Å². The van der Waals surface area contributed by atoms with Gasteiger partial charge in [0.05, 0.1) is 24.8 Å². The molecule has 0 aliphatic heterocycles. The quantitative estimate of drug-likeness (QED) is 0.450. The Morgan fingerprint density at radius 2 is 1.74 bits per heavy atom. The number of ether oxygens (including phenoxy) is 3. The van der Waals surface area contributed by atoms with Crippen molar-refractivity contribution in [3.63, 3.8) is 0 Å². The molecule has 0 aliphatic carbocycles. The molecule has 2 rings (SSSR count). The first kappa shape index (κ1) is 19.7. The molecule has 0 radical (unpaired) electrons. The number of methoxy groups -OCH3 is 2. The maximum Gasteiger partial charge on any atom is 0.342 e. The summed E-state index contributed by atoms with van der Waals surface area (Å²) in [6.07, 6.45) is -1.16. The van der Waals surface area contributed by atoms with E-state index >= 15 is 0 Å². The van der Waals surface area contributed by atoms with Crippen LogP contribution in [0.25, 0.3) is 0 Å². The zero-order chi connectivity index (χ0) is 20.0. The molecular weight excluding hydrogens is 356 g/mol. The van der Waals surface area contributed by atoms with Crippen molar-refractivity contribution in [3.8, 4) is 11.5 Å². The lowest BCUT2D eigenvalue weighted by Crippen LogP contribution is -2.30. The fourth-order valence-electron chi connectivity index (χ4n) is 2.23. The second kappa shape index (κ2) is 8.65. The average Bonchev–Trinajstić information content (AvgIpc) is 2.67. The monoisotopic (exact) mass is 374 g/mol. The lowest BCUT2D eigenvalue weighted by atomic mass is 10.2. The number of non-ortho nitro benzene ring substituents is 1. The number of anilines is 1. The van der Waals surface area contributed by atoms with Gasteiger partial charge in [-0.15, -0.1) is 0 Å². The number of carbonyl (C=O) groups excluding carboxylic acids is 2. The molecule has 0 spiro atoms. The molecule has 1 N–H and O–H groups in total. The highest BCUT2D eigenvalue weighted by Crippen LogP contribution is 2.29. The highest BCUT2D eigenvalue weighted by molar-refractivity contribution is 5.99. The Labute approximate surface area is 155 Å². The van der Waals surface area contributed by atoms with Gasteiger partial charge in [-0.3, -0.25) is 14.9 Å². The van der Waals surface area contributed by atoms with Crippen LogP contribution in [0, 0.1) is 10.1 Å². The second-order valence-electron chi connectivity index (χ2n) is 5.38. The van der Waals surface area contributed by atoms with E-state index in [4.69, 9.17) is 14.2 Å². The predicted molar refractivity (Wildman–Crippen MR) is 96.1 cm³/mol. The third-order valence-corrected chi connectivity index (χ3v) is 3.63. The number of nitrogens with one attached hydrogen (secondary N) is 1. The minimum atomic E-state index is -1.16. The molecule has 9 heteroatoms. The molecule has 0 bridgehead atoms. The standard InChI is InChI=1S/C18H18N2O7/c1-11(27-18(22)13-6-4-5-7-15(13)25-2)17(21)19-14-10-12(20(23)24)8-9-16(14)26-3/h4-11H,1-3H3,(H,19,21)/t11-/m0/s1. The minimum Gasteiger partial charge on any atom is -0.496 e. The number of carbonyl (C=O) groups is 2.